The van der Waals surface area contributed by atoms with Gasteiger partial charge in [0.25, 0.3) is 0 Å². The van der Waals surface area contributed by atoms with E-state index in [9.17, 15) is 0 Å². The zero-order valence-corrected chi connectivity index (χ0v) is 18.8. The van der Waals surface area contributed by atoms with Gasteiger partial charge in [-0.25, -0.2) is 0 Å². The molecule has 128 valence electrons. The van der Waals surface area contributed by atoms with Crippen molar-refractivity contribution in [3.8, 4) is 0 Å². The number of unbranched alkanes of at least 4 members (excludes halogenated alkanes) is 3. The minimum atomic E-state index is -2.26. The molecule has 22 heavy (non-hydrogen) atoms. The topological polar surface area (TPSA) is 17.8 Å². The second-order valence-electron chi connectivity index (χ2n) is 7.94. The summed E-state index contributed by atoms with van der Waals surface area (Å²) in [6, 6.07) is 0. The van der Waals surface area contributed by atoms with E-state index in [-0.39, 0.29) is 5.54 Å². The van der Waals surface area contributed by atoms with Crippen LogP contribution in [0, 0.1) is 0 Å². The molecular weight excluding hydrogens is 375 g/mol. The molecule has 0 aliphatic heterocycles. The van der Waals surface area contributed by atoms with Gasteiger partial charge in [-0.15, -0.1) is 0 Å². The van der Waals surface area contributed by atoms with Crippen LogP contribution >= 0.6 is 0 Å². The number of nitrogens with zero attached hydrogens (tertiary/aromatic N) is 2. The first-order valence-electron chi connectivity index (χ1n) is 9.45. The van der Waals surface area contributed by atoms with Crippen molar-refractivity contribution < 1.29 is 0 Å². The van der Waals surface area contributed by atoms with Gasteiger partial charge in [-0.05, 0) is 0 Å². The molecule has 0 saturated carbocycles. The van der Waals surface area contributed by atoms with E-state index in [0.717, 1.165) is 0 Å². The fourth-order valence-corrected chi connectivity index (χ4v) is 18.8. The molecule has 0 radical (unpaired) electrons. The average molecular weight is 413 g/mol. The van der Waals surface area contributed by atoms with Crippen molar-refractivity contribution in [1.29, 1.82) is 0 Å². The van der Waals surface area contributed by atoms with Crippen molar-refractivity contribution in [2.45, 2.75) is 98.9 Å². The monoisotopic (exact) mass is 414 g/mol. The van der Waals surface area contributed by atoms with Gasteiger partial charge in [0.05, 0.1) is 0 Å². The molecule has 0 aliphatic carbocycles. The van der Waals surface area contributed by atoms with E-state index < -0.39 is 18.4 Å². The van der Waals surface area contributed by atoms with Crippen LogP contribution < -0.4 is 3.58 Å². The molecule has 0 aliphatic rings. The Hall–Kier alpha value is 0.00870. The van der Waals surface area contributed by atoms with Gasteiger partial charge in [0.2, 0.25) is 0 Å². The van der Waals surface area contributed by atoms with Gasteiger partial charge in [-0.1, -0.05) is 0 Å². The normalized spacial score (nSPS) is 12.8. The molecule has 2 nitrogen and oxygen atoms in total. The summed E-state index contributed by atoms with van der Waals surface area (Å²) in [6.07, 6.45) is 13.0. The summed E-state index contributed by atoms with van der Waals surface area (Å²) in [5.74, 6) is 0. The molecule has 0 unspecified atom stereocenters. The Morgan fingerprint density at radius 1 is 0.909 bits per heavy atom. The van der Waals surface area contributed by atoms with E-state index in [1.807, 2.05) is 0 Å². The summed E-state index contributed by atoms with van der Waals surface area (Å²) in [5, 5.41) is 4.75. The van der Waals surface area contributed by atoms with E-state index in [4.69, 9.17) is 5.10 Å². The molecule has 1 rings (SSSR count). The Morgan fingerprint density at radius 3 is 1.68 bits per heavy atom. The molecule has 0 atom stereocenters. The van der Waals surface area contributed by atoms with E-state index in [0.29, 0.717) is 0 Å². The molecule has 1 aromatic heterocycles. The van der Waals surface area contributed by atoms with Crippen molar-refractivity contribution in [2.75, 3.05) is 0 Å². The van der Waals surface area contributed by atoms with Crippen LogP contribution in [0.25, 0.3) is 0 Å². The SMILES string of the molecule is CCC[CH2][Sn]([CH2]CCC)([CH2]CCC)[c]1cnn(C(C)(C)C)c1. The summed E-state index contributed by atoms with van der Waals surface area (Å²) < 4.78 is 8.49. The molecule has 1 aromatic rings. The molecule has 0 saturated heterocycles. The zero-order valence-electron chi connectivity index (χ0n) is 15.9. The average Bonchev–Trinajstić information content (AvgIpc) is 2.97. The van der Waals surface area contributed by atoms with Crippen molar-refractivity contribution in [3.63, 3.8) is 0 Å². The quantitative estimate of drug-likeness (QED) is 0.451. The molecule has 0 amide bonds. The summed E-state index contributed by atoms with van der Waals surface area (Å²) >= 11 is -2.26. The first-order valence-corrected chi connectivity index (χ1v) is 16.9. The third kappa shape index (κ3) is 5.58. The van der Waals surface area contributed by atoms with Crippen LogP contribution in [-0.4, -0.2) is 28.2 Å². The van der Waals surface area contributed by atoms with Crippen LogP contribution in [-0.2, 0) is 5.54 Å². The van der Waals surface area contributed by atoms with Gasteiger partial charge < -0.3 is 0 Å². The van der Waals surface area contributed by atoms with Crippen molar-refractivity contribution >= 4 is 22.0 Å². The molecule has 0 aromatic carbocycles. The molecule has 0 fully saturated rings. The van der Waals surface area contributed by atoms with Gasteiger partial charge in [0, 0.05) is 0 Å². The maximum absolute atomic E-state index is 4.75. The second kappa shape index (κ2) is 9.34. The predicted octanol–water partition coefficient (Wildman–Crippen LogP) is 5.69. The van der Waals surface area contributed by atoms with E-state index in [2.05, 4.69) is 58.6 Å². The summed E-state index contributed by atoms with van der Waals surface area (Å²) in [7, 11) is 0. The number of aromatic nitrogens is 2. The zero-order chi connectivity index (χ0) is 16.6. The third-order valence-corrected chi connectivity index (χ3v) is 20.4. The molecule has 0 spiro atoms. The molecule has 3 heteroatoms. The number of rotatable bonds is 10. The van der Waals surface area contributed by atoms with Crippen molar-refractivity contribution in [1.82, 2.24) is 9.78 Å². The fourth-order valence-electron chi connectivity index (χ4n) is 3.32. The molecule has 0 bridgehead atoms. The standard InChI is InChI=1S/C7H11N2.3C4H9.Sn/c1-7(2,3)9-6-4-5-8-9;3*1-3-4-2;/h5-6H,1-3H3;3*1,3-4H2,2H3;. The predicted molar refractivity (Wildman–Crippen MR) is 102 cm³/mol. The summed E-state index contributed by atoms with van der Waals surface area (Å²) in [6.45, 7) is 13.8. The van der Waals surface area contributed by atoms with Gasteiger partial charge in [-0.3, -0.25) is 0 Å². The second-order valence-corrected chi connectivity index (χ2v) is 21.2. The Bertz CT molecular complexity index is 396. The van der Waals surface area contributed by atoms with Gasteiger partial charge in [-0.2, -0.15) is 0 Å². The first-order chi connectivity index (χ1) is 10.4. The number of hydrogen-bond acceptors (Lipinski definition) is 1. The van der Waals surface area contributed by atoms with E-state index in [1.54, 1.807) is 3.58 Å². The molecule has 1 heterocycles. The van der Waals surface area contributed by atoms with Crippen molar-refractivity contribution in [2.24, 2.45) is 0 Å². The molecule has 0 N–H and O–H groups in total. The van der Waals surface area contributed by atoms with Crippen molar-refractivity contribution in [3.05, 3.63) is 12.4 Å². The number of hydrogen-bond donors (Lipinski definition) is 0. The van der Waals surface area contributed by atoms with E-state index in [1.165, 1.54) is 51.8 Å². The van der Waals surface area contributed by atoms with Crippen LogP contribution in [0.1, 0.15) is 80.1 Å². The Morgan fingerprint density at radius 2 is 1.36 bits per heavy atom. The summed E-state index contributed by atoms with van der Waals surface area (Å²) in [5.41, 5.74) is 0.107. The van der Waals surface area contributed by atoms with Crippen LogP contribution in [0.2, 0.25) is 13.3 Å². The van der Waals surface area contributed by atoms with Crippen LogP contribution in [0.15, 0.2) is 12.4 Å². The van der Waals surface area contributed by atoms with Gasteiger partial charge in [0.1, 0.15) is 0 Å². The van der Waals surface area contributed by atoms with Crippen LogP contribution in [0.3, 0.4) is 0 Å². The maximum atomic E-state index is 4.75. The van der Waals surface area contributed by atoms with Gasteiger partial charge in [0.15, 0.2) is 0 Å². The Balaban J connectivity index is 3.10. The Kier molecular flexibility index (Phi) is 8.51. The first kappa shape index (κ1) is 20.1. The third-order valence-electron chi connectivity index (χ3n) is 4.91. The summed E-state index contributed by atoms with van der Waals surface area (Å²) in [4.78, 5) is 0. The Labute approximate surface area is 142 Å². The van der Waals surface area contributed by atoms with E-state index >= 15 is 0 Å². The minimum absolute atomic E-state index is 0.107. The molecular formula is C19H38N2Sn. The van der Waals surface area contributed by atoms with Crippen LogP contribution in [0.4, 0.5) is 0 Å². The van der Waals surface area contributed by atoms with Gasteiger partial charge >= 0.3 is 143 Å². The fraction of sp³-hybridized carbons (Fsp3) is 0.842. The van der Waals surface area contributed by atoms with Crippen LogP contribution in [0.5, 0.6) is 0 Å².